The van der Waals surface area contributed by atoms with E-state index in [2.05, 4.69) is 38.1 Å². The minimum Gasteiger partial charge on any atom is -0.484 e. The molecule has 0 spiro atoms. The smallest absolute Gasteiger partial charge is 0.157 e. The molecule has 1 N–H and O–H groups in total. The van der Waals surface area contributed by atoms with Gasteiger partial charge in [-0.3, -0.25) is 4.68 Å². The van der Waals surface area contributed by atoms with Crippen LogP contribution in [0.3, 0.4) is 0 Å². The van der Waals surface area contributed by atoms with E-state index in [1.807, 2.05) is 10.9 Å². The summed E-state index contributed by atoms with van der Waals surface area (Å²) in [6.45, 7) is 10.2. The van der Waals surface area contributed by atoms with E-state index in [9.17, 15) is 0 Å². The molecule has 0 saturated heterocycles. The maximum Gasteiger partial charge on any atom is 0.157 e. The highest BCUT2D eigenvalue weighted by molar-refractivity contribution is 5.15. The van der Waals surface area contributed by atoms with Crippen molar-refractivity contribution in [1.29, 1.82) is 0 Å². The van der Waals surface area contributed by atoms with Gasteiger partial charge in [0.25, 0.3) is 0 Å². The van der Waals surface area contributed by atoms with E-state index in [0.29, 0.717) is 12.1 Å². The lowest BCUT2D eigenvalue weighted by molar-refractivity contribution is -0.107. The fraction of sp³-hybridized carbons (Fsp3) is 0.800. The van der Waals surface area contributed by atoms with Gasteiger partial charge in [-0.05, 0) is 26.8 Å². The number of nitrogens with one attached hydrogen (secondary N) is 1. The Hall–Kier alpha value is -1.07. The van der Waals surface area contributed by atoms with Gasteiger partial charge in [0.05, 0.1) is 12.4 Å². The molecule has 3 unspecified atom stereocenters. The molecule has 5 heteroatoms. The summed E-state index contributed by atoms with van der Waals surface area (Å²) >= 11 is 0. The molecule has 20 heavy (non-hydrogen) atoms. The van der Waals surface area contributed by atoms with Crippen LogP contribution in [0, 0.1) is 0 Å². The van der Waals surface area contributed by atoms with E-state index in [4.69, 9.17) is 9.47 Å². The van der Waals surface area contributed by atoms with Gasteiger partial charge in [-0.2, -0.15) is 5.10 Å². The maximum absolute atomic E-state index is 6.02. The summed E-state index contributed by atoms with van der Waals surface area (Å²) < 4.78 is 13.9. The molecule has 5 nitrogen and oxygen atoms in total. The molecule has 2 rings (SSSR count). The second kappa shape index (κ2) is 7.09. The van der Waals surface area contributed by atoms with Crippen LogP contribution >= 0.6 is 0 Å². The highest BCUT2D eigenvalue weighted by atomic mass is 16.5. The lowest BCUT2D eigenvalue weighted by atomic mass is 9.85. The molecule has 1 heterocycles. The second-order valence-corrected chi connectivity index (χ2v) is 5.64. The molecule has 3 atom stereocenters. The lowest BCUT2D eigenvalue weighted by Gasteiger charge is -2.44. The fourth-order valence-electron chi connectivity index (χ4n) is 2.47. The molecule has 1 aliphatic rings. The van der Waals surface area contributed by atoms with Gasteiger partial charge < -0.3 is 14.8 Å². The maximum atomic E-state index is 6.02. The third kappa shape index (κ3) is 3.52. The van der Waals surface area contributed by atoms with Crippen molar-refractivity contribution in [1.82, 2.24) is 15.1 Å². The molecule has 0 amide bonds. The monoisotopic (exact) mass is 281 g/mol. The quantitative estimate of drug-likeness (QED) is 0.795. The zero-order valence-electron chi connectivity index (χ0n) is 13.0. The van der Waals surface area contributed by atoms with E-state index in [1.165, 1.54) is 0 Å². The number of rotatable bonds is 8. The van der Waals surface area contributed by atoms with Crippen molar-refractivity contribution >= 4 is 0 Å². The third-order valence-corrected chi connectivity index (χ3v) is 3.62. The molecular weight excluding hydrogens is 254 g/mol. The normalized spacial score (nSPS) is 25.8. The van der Waals surface area contributed by atoms with Gasteiger partial charge in [0, 0.05) is 25.1 Å². The topological polar surface area (TPSA) is 48.3 Å². The molecule has 0 bridgehead atoms. The van der Waals surface area contributed by atoms with Crippen LogP contribution in [0.4, 0.5) is 0 Å². The Morgan fingerprint density at radius 1 is 1.45 bits per heavy atom. The predicted octanol–water partition coefficient (Wildman–Crippen LogP) is 2.39. The summed E-state index contributed by atoms with van der Waals surface area (Å²) in [7, 11) is 0. The minimum absolute atomic E-state index is 0.135. The van der Waals surface area contributed by atoms with Gasteiger partial charge in [0.2, 0.25) is 0 Å². The average molecular weight is 281 g/mol. The molecule has 1 aromatic rings. The molecule has 0 aromatic carbocycles. The van der Waals surface area contributed by atoms with E-state index in [0.717, 1.165) is 31.7 Å². The zero-order valence-corrected chi connectivity index (χ0v) is 13.0. The number of ether oxygens (including phenoxy) is 2. The SMILES string of the molecule is CCCOC1C(NCC)CC1Oc1cnn(C(C)C)c1. The summed E-state index contributed by atoms with van der Waals surface area (Å²) in [5.74, 6) is 0.837. The van der Waals surface area contributed by atoms with E-state index in [-0.39, 0.29) is 12.2 Å². The molecule has 114 valence electrons. The highest BCUT2D eigenvalue weighted by Gasteiger charge is 2.43. The molecule has 1 aliphatic carbocycles. The Balaban J connectivity index is 1.90. The average Bonchev–Trinajstić information content (AvgIpc) is 2.86. The van der Waals surface area contributed by atoms with Crippen molar-refractivity contribution in [3.05, 3.63) is 12.4 Å². The Labute approximate surface area is 121 Å². The van der Waals surface area contributed by atoms with Crippen LogP contribution in [0.15, 0.2) is 12.4 Å². The van der Waals surface area contributed by atoms with Gasteiger partial charge in [-0.1, -0.05) is 13.8 Å². The number of aromatic nitrogens is 2. The van der Waals surface area contributed by atoms with Crippen molar-refractivity contribution in [2.75, 3.05) is 13.2 Å². The second-order valence-electron chi connectivity index (χ2n) is 5.64. The first-order valence-corrected chi connectivity index (χ1v) is 7.71. The highest BCUT2D eigenvalue weighted by Crippen LogP contribution is 2.29. The molecule has 0 aliphatic heterocycles. The van der Waals surface area contributed by atoms with E-state index in [1.54, 1.807) is 6.20 Å². The standard InChI is InChI=1S/C15H27N3O2/c1-5-7-19-15-13(16-6-2)8-14(15)20-12-9-17-18(10-12)11(3)4/h9-11,13-16H,5-8H2,1-4H3. The largest absolute Gasteiger partial charge is 0.484 e. The summed E-state index contributed by atoms with van der Waals surface area (Å²) in [6.07, 6.45) is 6.06. The van der Waals surface area contributed by atoms with Crippen LogP contribution in [-0.2, 0) is 4.74 Å². The van der Waals surface area contributed by atoms with Gasteiger partial charge >= 0.3 is 0 Å². The van der Waals surface area contributed by atoms with E-state index >= 15 is 0 Å². The van der Waals surface area contributed by atoms with Crippen LogP contribution in [0.1, 0.15) is 46.6 Å². The Morgan fingerprint density at radius 3 is 2.85 bits per heavy atom. The van der Waals surface area contributed by atoms with Crippen molar-refractivity contribution < 1.29 is 9.47 Å². The molecule has 0 radical (unpaired) electrons. The van der Waals surface area contributed by atoms with Gasteiger partial charge in [0.15, 0.2) is 5.75 Å². The van der Waals surface area contributed by atoms with Crippen LogP contribution in [0.25, 0.3) is 0 Å². The number of hydrogen-bond donors (Lipinski definition) is 1. The predicted molar refractivity (Wildman–Crippen MR) is 79.1 cm³/mol. The molecular formula is C15H27N3O2. The fourth-order valence-corrected chi connectivity index (χ4v) is 2.47. The Morgan fingerprint density at radius 2 is 2.25 bits per heavy atom. The lowest BCUT2D eigenvalue weighted by Crippen LogP contribution is -2.61. The third-order valence-electron chi connectivity index (χ3n) is 3.62. The van der Waals surface area contributed by atoms with Gasteiger partial charge in [-0.25, -0.2) is 0 Å². The molecule has 1 fully saturated rings. The van der Waals surface area contributed by atoms with Crippen LogP contribution in [0.5, 0.6) is 5.75 Å². The van der Waals surface area contributed by atoms with Crippen molar-refractivity contribution in [3.63, 3.8) is 0 Å². The van der Waals surface area contributed by atoms with Crippen LogP contribution in [-0.4, -0.2) is 41.2 Å². The van der Waals surface area contributed by atoms with Crippen LogP contribution in [0.2, 0.25) is 0 Å². The zero-order chi connectivity index (χ0) is 14.5. The summed E-state index contributed by atoms with van der Waals surface area (Å²) in [4.78, 5) is 0. The molecule has 1 aromatic heterocycles. The van der Waals surface area contributed by atoms with E-state index < -0.39 is 0 Å². The van der Waals surface area contributed by atoms with Crippen molar-refractivity contribution in [2.24, 2.45) is 0 Å². The Bertz CT molecular complexity index is 406. The summed E-state index contributed by atoms with van der Waals surface area (Å²) in [6, 6.07) is 0.770. The summed E-state index contributed by atoms with van der Waals surface area (Å²) in [5, 5.41) is 7.76. The first kappa shape index (κ1) is 15.3. The van der Waals surface area contributed by atoms with Gasteiger partial charge in [0.1, 0.15) is 12.2 Å². The summed E-state index contributed by atoms with van der Waals surface area (Å²) in [5.41, 5.74) is 0. The first-order valence-electron chi connectivity index (χ1n) is 7.71. The first-order chi connectivity index (χ1) is 9.65. The minimum atomic E-state index is 0.135. The van der Waals surface area contributed by atoms with Crippen LogP contribution < -0.4 is 10.1 Å². The van der Waals surface area contributed by atoms with Gasteiger partial charge in [-0.15, -0.1) is 0 Å². The molecule has 1 saturated carbocycles. The number of nitrogens with zero attached hydrogens (tertiary/aromatic N) is 2. The number of likely N-dealkylation sites (N-methyl/N-ethyl adjacent to an activating group) is 1. The Kier molecular flexibility index (Phi) is 5.43. The van der Waals surface area contributed by atoms with Crippen molar-refractivity contribution in [3.8, 4) is 5.75 Å². The van der Waals surface area contributed by atoms with Crippen molar-refractivity contribution in [2.45, 2.75) is 64.8 Å². The number of hydrogen-bond acceptors (Lipinski definition) is 4.